The van der Waals surface area contributed by atoms with Crippen LogP contribution in [0, 0.1) is 13.8 Å². The minimum atomic E-state index is -0.0710. The van der Waals surface area contributed by atoms with E-state index in [2.05, 4.69) is 43.1 Å². The maximum atomic E-state index is 12.3. The summed E-state index contributed by atoms with van der Waals surface area (Å²) >= 11 is 3.31. The molecule has 1 heterocycles. The minimum absolute atomic E-state index is 0.0710. The number of thioether (sulfide) groups is 1. The van der Waals surface area contributed by atoms with Gasteiger partial charge in [0.15, 0.2) is 4.80 Å². The van der Waals surface area contributed by atoms with Gasteiger partial charge in [-0.1, -0.05) is 35.1 Å². The second kappa shape index (κ2) is 8.76. The van der Waals surface area contributed by atoms with Crippen molar-refractivity contribution in [3.63, 3.8) is 0 Å². The van der Waals surface area contributed by atoms with Gasteiger partial charge >= 0.3 is 0 Å². The van der Waals surface area contributed by atoms with Crippen LogP contribution in [0.3, 0.4) is 0 Å². The molecule has 0 N–H and O–H groups in total. The predicted octanol–water partition coefficient (Wildman–Crippen LogP) is 4.87. The molecule has 0 unspecified atom stereocenters. The number of fused-ring (bicyclic) bond motifs is 1. The Kier molecular flexibility index (Phi) is 6.39. The molecular formula is C21H24N2O2S2. The molecule has 6 heteroatoms. The topological polar surface area (TPSA) is 43.6 Å². The molecule has 3 aromatic rings. The fourth-order valence-corrected chi connectivity index (χ4v) is 4.80. The molecule has 0 saturated carbocycles. The van der Waals surface area contributed by atoms with E-state index in [9.17, 15) is 4.79 Å². The summed E-state index contributed by atoms with van der Waals surface area (Å²) in [5, 5.41) is 0. The molecular weight excluding hydrogens is 376 g/mol. The summed E-state index contributed by atoms with van der Waals surface area (Å²) < 4.78 is 8.53. The lowest BCUT2D eigenvalue weighted by Crippen LogP contribution is -2.13. The van der Waals surface area contributed by atoms with E-state index in [-0.39, 0.29) is 5.91 Å². The van der Waals surface area contributed by atoms with Crippen molar-refractivity contribution in [3.05, 3.63) is 52.3 Å². The molecule has 142 valence electrons. The lowest BCUT2D eigenvalue weighted by molar-refractivity contribution is -0.118. The molecule has 4 nitrogen and oxygen atoms in total. The maximum absolute atomic E-state index is 12.3. The van der Waals surface area contributed by atoms with Crippen molar-refractivity contribution in [1.29, 1.82) is 0 Å². The minimum Gasteiger partial charge on any atom is -0.495 e. The third-order valence-electron chi connectivity index (χ3n) is 4.37. The molecule has 3 rings (SSSR count). The van der Waals surface area contributed by atoms with Gasteiger partial charge < -0.3 is 9.30 Å². The molecule has 0 bridgehead atoms. The number of hydrogen-bond donors (Lipinski definition) is 0. The van der Waals surface area contributed by atoms with E-state index in [0.717, 1.165) is 33.7 Å². The summed E-state index contributed by atoms with van der Waals surface area (Å²) in [6.07, 6.45) is 1.28. The number of rotatable bonds is 6. The third-order valence-corrected chi connectivity index (χ3v) is 6.74. The van der Waals surface area contributed by atoms with Gasteiger partial charge in [-0.3, -0.25) is 4.79 Å². The SMILES string of the molecule is COc1ccc(C)c2sc(=NC(=O)CCCSc3ccc(C)cc3)n(C)c12. The molecule has 0 aliphatic rings. The van der Waals surface area contributed by atoms with Crippen LogP contribution in [0.4, 0.5) is 0 Å². The van der Waals surface area contributed by atoms with Crippen LogP contribution in [-0.4, -0.2) is 23.3 Å². The summed E-state index contributed by atoms with van der Waals surface area (Å²) in [5.41, 5.74) is 3.41. The number of ether oxygens (including phenoxy) is 1. The van der Waals surface area contributed by atoms with Gasteiger partial charge in [0, 0.05) is 18.4 Å². The van der Waals surface area contributed by atoms with Crippen LogP contribution >= 0.6 is 23.1 Å². The average Bonchev–Trinajstić information content (AvgIpc) is 2.98. The van der Waals surface area contributed by atoms with Crippen molar-refractivity contribution in [2.24, 2.45) is 12.0 Å². The number of amides is 1. The van der Waals surface area contributed by atoms with E-state index in [1.165, 1.54) is 21.8 Å². The van der Waals surface area contributed by atoms with Crippen LogP contribution < -0.4 is 9.54 Å². The van der Waals surface area contributed by atoms with Gasteiger partial charge in [-0.05, 0) is 49.8 Å². The lowest BCUT2D eigenvalue weighted by atomic mass is 10.2. The van der Waals surface area contributed by atoms with Crippen LogP contribution in [0.15, 0.2) is 46.3 Å². The van der Waals surface area contributed by atoms with Crippen molar-refractivity contribution < 1.29 is 9.53 Å². The van der Waals surface area contributed by atoms with Crippen molar-refractivity contribution in [2.45, 2.75) is 31.6 Å². The Labute approximate surface area is 167 Å². The van der Waals surface area contributed by atoms with Crippen LogP contribution in [0.25, 0.3) is 10.2 Å². The Hall–Kier alpha value is -2.05. The number of aryl methyl sites for hydroxylation is 3. The molecule has 0 atom stereocenters. The van der Waals surface area contributed by atoms with Gasteiger partial charge in [0.05, 0.1) is 11.8 Å². The molecule has 1 amide bonds. The smallest absolute Gasteiger partial charge is 0.248 e. The van der Waals surface area contributed by atoms with Crippen LogP contribution in [0.5, 0.6) is 5.75 Å². The zero-order valence-electron chi connectivity index (χ0n) is 16.1. The number of aromatic nitrogens is 1. The van der Waals surface area contributed by atoms with Crippen LogP contribution in [0.2, 0.25) is 0 Å². The van der Waals surface area contributed by atoms with Gasteiger partial charge in [0.2, 0.25) is 5.91 Å². The van der Waals surface area contributed by atoms with Gasteiger partial charge in [-0.15, -0.1) is 11.8 Å². The maximum Gasteiger partial charge on any atom is 0.248 e. The number of carbonyl (C=O) groups excluding carboxylic acids is 1. The van der Waals surface area contributed by atoms with Crippen molar-refractivity contribution in [3.8, 4) is 5.75 Å². The van der Waals surface area contributed by atoms with Gasteiger partial charge in [0.1, 0.15) is 11.3 Å². The highest BCUT2D eigenvalue weighted by molar-refractivity contribution is 7.99. The Morgan fingerprint density at radius 3 is 2.63 bits per heavy atom. The quantitative estimate of drug-likeness (QED) is 0.438. The Balaban J connectivity index is 1.67. The number of methoxy groups -OCH3 is 1. The molecule has 2 aromatic carbocycles. The van der Waals surface area contributed by atoms with Crippen LogP contribution in [-0.2, 0) is 11.8 Å². The van der Waals surface area contributed by atoms with Crippen molar-refractivity contribution >= 4 is 39.2 Å². The predicted molar refractivity (Wildman–Crippen MR) is 114 cm³/mol. The molecule has 1 aromatic heterocycles. The van der Waals surface area contributed by atoms with Gasteiger partial charge in [-0.25, -0.2) is 0 Å². The Bertz CT molecular complexity index is 1020. The molecule has 27 heavy (non-hydrogen) atoms. The highest BCUT2D eigenvalue weighted by Gasteiger charge is 2.12. The fourth-order valence-electron chi connectivity index (χ4n) is 2.83. The zero-order chi connectivity index (χ0) is 19.4. The van der Waals surface area contributed by atoms with E-state index >= 15 is 0 Å². The summed E-state index contributed by atoms with van der Waals surface area (Å²) in [6.45, 7) is 4.14. The number of thiazole rings is 1. The summed E-state index contributed by atoms with van der Waals surface area (Å²) in [4.78, 5) is 18.6. The van der Waals surface area contributed by atoms with E-state index in [4.69, 9.17) is 4.74 Å². The van der Waals surface area contributed by atoms with Crippen molar-refractivity contribution in [2.75, 3.05) is 12.9 Å². The first kappa shape index (κ1) is 19.7. The summed E-state index contributed by atoms with van der Waals surface area (Å²) in [6, 6.07) is 12.5. The monoisotopic (exact) mass is 400 g/mol. The molecule has 0 radical (unpaired) electrons. The third kappa shape index (κ3) is 4.62. The van der Waals surface area contributed by atoms with Crippen molar-refractivity contribution in [1.82, 2.24) is 4.57 Å². The first-order chi connectivity index (χ1) is 13.0. The molecule has 0 fully saturated rings. The van der Waals surface area contributed by atoms with Gasteiger partial charge in [-0.2, -0.15) is 4.99 Å². The Morgan fingerprint density at radius 2 is 1.93 bits per heavy atom. The number of nitrogens with zero attached hydrogens (tertiary/aromatic N) is 2. The number of benzene rings is 2. The highest BCUT2D eigenvalue weighted by Crippen LogP contribution is 2.29. The normalized spacial score (nSPS) is 11.9. The first-order valence-electron chi connectivity index (χ1n) is 8.89. The summed E-state index contributed by atoms with van der Waals surface area (Å²) in [5.74, 6) is 1.64. The van der Waals surface area contributed by atoms with E-state index in [1.54, 1.807) is 18.9 Å². The molecule has 0 aliphatic carbocycles. The van der Waals surface area contributed by atoms with Gasteiger partial charge in [0.25, 0.3) is 0 Å². The molecule has 0 saturated heterocycles. The summed E-state index contributed by atoms with van der Waals surface area (Å²) in [7, 11) is 3.59. The second-order valence-corrected chi connectivity index (χ2v) is 8.62. The lowest BCUT2D eigenvalue weighted by Gasteiger charge is -2.05. The van der Waals surface area contributed by atoms with E-state index in [1.807, 2.05) is 23.7 Å². The zero-order valence-corrected chi connectivity index (χ0v) is 17.7. The van der Waals surface area contributed by atoms with E-state index in [0.29, 0.717) is 11.2 Å². The van der Waals surface area contributed by atoms with E-state index < -0.39 is 0 Å². The standard InChI is InChI=1S/C21H24N2O2S2/c1-14-7-10-16(11-8-14)26-13-5-6-18(24)22-21-23(3)19-17(25-4)12-9-15(2)20(19)27-21/h7-12H,5-6,13H2,1-4H3. The molecule has 0 aliphatic heterocycles. The largest absolute Gasteiger partial charge is 0.495 e. The Morgan fingerprint density at radius 1 is 1.19 bits per heavy atom. The number of carbonyl (C=O) groups is 1. The second-order valence-electron chi connectivity index (χ2n) is 6.48. The fraction of sp³-hybridized carbons (Fsp3) is 0.333. The first-order valence-corrected chi connectivity index (χ1v) is 10.7. The van der Waals surface area contributed by atoms with Crippen LogP contribution in [0.1, 0.15) is 24.0 Å². The highest BCUT2D eigenvalue weighted by atomic mass is 32.2. The molecule has 0 spiro atoms. The average molecular weight is 401 g/mol. The number of hydrogen-bond acceptors (Lipinski definition) is 4.